The molecule has 1 fully saturated rings. The molecule has 0 amide bonds. The molecule has 36 heavy (non-hydrogen) atoms. The number of esters is 1. The summed E-state index contributed by atoms with van der Waals surface area (Å²) in [4.78, 5) is 32.3. The van der Waals surface area contributed by atoms with E-state index in [1.807, 2.05) is 78.9 Å². The van der Waals surface area contributed by atoms with E-state index in [-0.39, 0.29) is 17.9 Å². The van der Waals surface area contributed by atoms with E-state index in [0.29, 0.717) is 25.3 Å². The number of aliphatic carboxylic acids is 2. The van der Waals surface area contributed by atoms with E-state index in [1.54, 1.807) is 0 Å². The highest BCUT2D eigenvalue weighted by Crippen LogP contribution is 2.44. The van der Waals surface area contributed by atoms with Gasteiger partial charge in [0.25, 0.3) is 0 Å². The van der Waals surface area contributed by atoms with Crippen molar-refractivity contribution in [3.63, 3.8) is 0 Å². The van der Waals surface area contributed by atoms with E-state index >= 15 is 0 Å². The Labute approximate surface area is 210 Å². The highest BCUT2D eigenvalue weighted by molar-refractivity contribution is 5.90. The summed E-state index contributed by atoms with van der Waals surface area (Å²) in [7, 11) is 0. The van der Waals surface area contributed by atoms with Crippen molar-refractivity contribution in [2.45, 2.75) is 18.4 Å². The van der Waals surface area contributed by atoms with Crippen molar-refractivity contribution < 1.29 is 29.3 Å². The fraction of sp³-hybridized carbons (Fsp3) is 0.207. The molecular formula is C29H29NO6. The fourth-order valence-electron chi connectivity index (χ4n) is 4.39. The number of carboxylic acid groups (broad SMARTS) is 2. The number of carbonyl (C=O) groups is 3. The third-order valence-corrected chi connectivity index (χ3v) is 6.15. The van der Waals surface area contributed by atoms with Crippen molar-refractivity contribution >= 4 is 17.9 Å². The lowest BCUT2D eigenvalue weighted by Gasteiger charge is -2.33. The lowest BCUT2D eigenvalue weighted by atomic mass is 9.67. The number of carboxylic acids is 2. The molecule has 1 saturated heterocycles. The van der Waals surface area contributed by atoms with E-state index in [1.165, 1.54) is 5.56 Å². The Morgan fingerprint density at radius 3 is 1.78 bits per heavy atom. The van der Waals surface area contributed by atoms with Crippen molar-refractivity contribution in [2.24, 2.45) is 5.92 Å². The van der Waals surface area contributed by atoms with Gasteiger partial charge in [-0.25, -0.2) is 9.59 Å². The topological polar surface area (TPSA) is 113 Å². The third kappa shape index (κ3) is 6.25. The number of cyclic esters (lactones) is 1. The van der Waals surface area contributed by atoms with Crippen LogP contribution in [0.2, 0.25) is 0 Å². The predicted octanol–water partition coefficient (Wildman–Crippen LogP) is 4.21. The van der Waals surface area contributed by atoms with Gasteiger partial charge in [-0.15, -0.1) is 0 Å². The van der Waals surface area contributed by atoms with Gasteiger partial charge in [-0.05, 0) is 23.6 Å². The van der Waals surface area contributed by atoms with Gasteiger partial charge in [0.1, 0.15) is 5.41 Å². The van der Waals surface area contributed by atoms with Gasteiger partial charge in [-0.1, -0.05) is 91.0 Å². The van der Waals surface area contributed by atoms with Crippen molar-refractivity contribution in [2.75, 3.05) is 13.2 Å². The average molecular weight is 488 g/mol. The molecule has 7 nitrogen and oxygen atoms in total. The van der Waals surface area contributed by atoms with Gasteiger partial charge in [0.15, 0.2) is 0 Å². The minimum Gasteiger partial charge on any atom is -0.478 e. The van der Waals surface area contributed by atoms with Gasteiger partial charge in [0.05, 0.1) is 6.61 Å². The van der Waals surface area contributed by atoms with E-state index in [2.05, 4.69) is 24.4 Å². The van der Waals surface area contributed by atoms with Crippen LogP contribution in [0.3, 0.4) is 0 Å². The summed E-state index contributed by atoms with van der Waals surface area (Å²) < 4.78 is 5.65. The molecule has 0 aliphatic carbocycles. The standard InChI is InChI=1S/C25H25NO2.C4H4O4/c1-19(20-11-5-2-6-12-20)26-17-23-18-28-24(27)25(23,21-13-7-3-8-14-21)22-15-9-4-10-16-22;5-3(6)1-2-4(7)8/h2-16,19,23,26H,17-18H2,1H3;1-2H,(H,5,6)(H,7,8). The minimum absolute atomic E-state index is 0.0102. The summed E-state index contributed by atoms with van der Waals surface area (Å²) in [5, 5.41) is 19.2. The molecule has 0 bridgehead atoms. The van der Waals surface area contributed by atoms with E-state index in [0.717, 1.165) is 11.1 Å². The zero-order chi connectivity index (χ0) is 26.0. The van der Waals surface area contributed by atoms with Crippen LogP contribution in [0, 0.1) is 5.92 Å². The first-order valence-corrected chi connectivity index (χ1v) is 11.6. The summed E-state index contributed by atoms with van der Waals surface area (Å²) in [5.41, 5.74) is 2.43. The monoisotopic (exact) mass is 487 g/mol. The number of nitrogens with one attached hydrogen (secondary N) is 1. The maximum Gasteiger partial charge on any atom is 0.328 e. The zero-order valence-corrected chi connectivity index (χ0v) is 19.9. The lowest BCUT2D eigenvalue weighted by molar-refractivity contribution is -0.141. The number of ether oxygens (including phenoxy) is 1. The molecule has 186 valence electrons. The summed E-state index contributed by atoms with van der Waals surface area (Å²) in [5.74, 6) is -2.67. The van der Waals surface area contributed by atoms with Crippen LogP contribution in [0.15, 0.2) is 103 Å². The quantitative estimate of drug-likeness (QED) is 0.322. The normalized spacial score (nSPS) is 17.0. The van der Waals surface area contributed by atoms with Crippen LogP contribution >= 0.6 is 0 Å². The molecule has 0 saturated carbocycles. The van der Waals surface area contributed by atoms with E-state index in [9.17, 15) is 14.4 Å². The maximum absolute atomic E-state index is 13.2. The van der Waals surface area contributed by atoms with E-state index < -0.39 is 17.4 Å². The molecule has 0 spiro atoms. The van der Waals surface area contributed by atoms with Crippen molar-refractivity contribution in [3.05, 3.63) is 120 Å². The molecule has 2 atom stereocenters. The fourth-order valence-corrected chi connectivity index (χ4v) is 4.39. The van der Waals surface area contributed by atoms with Gasteiger partial charge in [-0.3, -0.25) is 4.79 Å². The minimum atomic E-state index is -1.26. The van der Waals surface area contributed by atoms with Gasteiger partial charge >= 0.3 is 17.9 Å². The van der Waals surface area contributed by atoms with Crippen LogP contribution in [-0.2, 0) is 24.5 Å². The summed E-state index contributed by atoms with van der Waals surface area (Å²) in [6, 6.07) is 30.6. The third-order valence-electron chi connectivity index (χ3n) is 6.15. The molecule has 0 radical (unpaired) electrons. The number of benzene rings is 3. The Bertz CT molecular complexity index is 1120. The Balaban J connectivity index is 0.000000392. The maximum atomic E-state index is 13.2. The second-order valence-electron chi connectivity index (χ2n) is 8.39. The van der Waals surface area contributed by atoms with Gasteiger partial charge in [-0.2, -0.15) is 0 Å². The second kappa shape index (κ2) is 12.5. The first kappa shape index (κ1) is 26.4. The average Bonchev–Trinajstić information content (AvgIpc) is 3.24. The second-order valence-corrected chi connectivity index (χ2v) is 8.39. The Morgan fingerprint density at radius 2 is 1.33 bits per heavy atom. The molecule has 1 aliphatic heterocycles. The first-order valence-electron chi connectivity index (χ1n) is 11.6. The van der Waals surface area contributed by atoms with Crippen molar-refractivity contribution in [3.8, 4) is 0 Å². The van der Waals surface area contributed by atoms with Crippen molar-refractivity contribution in [1.29, 1.82) is 0 Å². The van der Waals surface area contributed by atoms with Crippen LogP contribution in [0.5, 0.6) is 0 Å². The number of hydrogen-bond acceptors (Lipinski definition) is 5. The SMILES string of the molecule is CC(NCC1COC(=O)C1(c1ccccc1)c1ccccc1)c1ccccc1.O=C(O)C=CC(=O)O. The molecule has 3 aromatic carbocycles. The van der Waals surface area contributed by atoms with Gasteiger partial charge < -0.3 is 20.3 Å². The van der Waals surface area contributed by atoms with Crippen LogP contribution in [0.4, 0.5) is 0 Å². The Kier molecular flexibility index (Phi) is 9.13. The molecule has 7 heteroatoms. The smallest absolute Gasteiger partial charge is 0.328 e. The summed E-state index contributed by atoms with van der Waals surface area (Å²) in [6.45, 7) is 3.25. The van der Waals surface area contributed by atoms with E-state index in [4.69, 9.17) is 14.9 Å². The molecule has 2 unspecified atom stereocenters. The largest absolute Gasteiger partial charge is 0.478 e. The van der Waals surface area contributed by atoms with Gasteiger partial charge in [0.2, 0.25) is 0 Å². The predicted molar refractivity (Wildman–Crippen MR) is 135 cm³/mol. The number of hydrogen-bond donors (Lipinski definition) is 3. The van der Waals surface area contributed by atoms with Crippen LogP contribution in [0.1, 0.15) is 29.7 Å². The zero-order valence-electron chi connectivity index (χ0n) is 19.9. The van der Waals surface area contributed by atoms with Crippen LogP contribution in [0.25, 0.3) is 0 Å². The van der Waals surface area contributed by atoms with Crippen LogP contribution < -0.4 is 5.32 Å². The van der Waals surface area contributed by atoms with Crippen LogP contribution in [-0.4, -0.2) is 41.3 Å². The molecule has 1 aliphatic rings. The molecule has 3 N–H and O–H groups in total. The first-order chi connectivity index (χ1) is 17.4. The number of rotatable bonds is 8. The van der Waals surface area contributed by atoms with Gasteiger partial charge in [0, 0.05) is 30.7 Å². The highest BCUT2D eigenvalue weighted by Gasteiger charge is 2.54. The Morgan fingerprint density at radius 1 is 0.889 bits per heavy atom. The molecule has 4 rings (SSSR count). The summed E-state index contributed by atoms with van der Waals surface area (Å²) in [6.07, 6.45) is 1.12. The summed E-state index contributed by atoms with van der Waals surface area (Å²) >= 11 is 0. The highest BCUT2D eigenvalue weighted by atomic mass is 16.5. The molecule has 1 heterocycles. The molecule has 0 aromatic heterocycles. The molecule has 3 aromatic rings. The molecular weight excluding hydrogens is 458 g/mol. The number of carbonyl (C=O) groups excluding carboxylic acids is 1. The Hall–Kier alpha value is -4.23. The van der Waals surface area contributed by atoms with Crippen molar-refractivity contribution in [1.82, 2.24) is 5.32 Å². The lowest BCUT2D eigenvalue weighted by Crippen LogP contribution is -2.44.